The average molecular weight is 262 g/mol. The fourth-order valence-electron chi connectivity index (χ4n) is 2.00. The molecule has 0 saturated heterocycles. The highest BCUT2D eigenvalue weighted by Crippen LogP contribution is 2.00. The smallest absolute Gasteiger partial charge is 0.317 e. The zero-order chi connectivity index (χ0) is 13.9. The van der Waals surface area contributed by atoms with Gasteiger partial charge in [0.05, 0.1) is 0 Å². The van der Waals surface area contributed by atoms with Gasteiger partial charge in [-0.05, 0) is 24.8 Å². The Bertz CT molecular complexity index is 351. The lowest BCUT2D eigenvalue weighted by atomic mass is 10.1. The van der Waals surface area contributed by atoms with Crippen molar-refractivity contribution < 1.29 is 4.79 Å². The van der Waals surface area contributed by atoms with Crippen LogP contribution in [0.25, 0.3) is 0 Å². The summed E-state index contributed by atoms with van der Waals surface area (Å²) in [5, 5.41) is 3.01. The molecule has 0 aliphatic carbocycles. The quantitative estimate of drug-likeness (QED) is 0.764. The van der Waals surface area contributed by atoms with Crippen LogP contribution in [0.2, 0.25) is 0 Å². The predicted octanol–water partition coefficient (Wildman–Crippen LogP) is 3.45. The Labute approximate surface area is 117 Å². The van der Waals surface area contributed by atoms with Crippen LogP contribution < -0.4 is 5.32 Å². The Hall–Kier alpha value is -1.51. The van der Waals surface area contributed by atoms with Crippen LogP contribution in [0, 0.1) is 0 Å². The van der Waals surface area contributed by atoms with Gasteiger partial charge in [0.25, 0.3) is 0 Å². The molecule has 1 N–H and O–H groups in total. The number of hydrogen-bond donors (Lipinski definition) is 1. The molecule has 3 nitrogen and oxygen atoms in total. The predicted molar refractivity (Wildman–Crippen MR) is 80.3 cm³/mol. The molecule has 1 rings (SSSR count). The van der Waals surface area contributed by atoms with Crippen molar-refractivity contribution in [2.45, 2.75) is 39.5 Å². The monoisotopic (exact) mass is 262 g/mol. The number of hydrogen-bond acceptors (Lipinski definition) is 1. The number of nitrogens with zero attached hydrogens (tertiary/aromatic N) is 1. The van der Waals surface area contributed by atoms with Crippen molar-refractivity contribution in [1.29, 1.82) is 0 Å². The summed E-state index contributed by atoms with van der Waals surface area (Å²) in [6, 6.07) is 10.3. The van der Waals surface area contributed by atoms with E-state index in [2.05, 4.69) is 31.3 Å². The van der Waals surface area contributed by atoms with Crippen LogP contribution in [-0.2, 0) is 6.42 Å². The van der Waals surface area contributed by atoms with E-state index in [1.165, 1.54) is 5.56 Å². The first-order chi connectivity index (χ1) is 9.27. The maximum Gasteiger partial charge on any atom is 0.317 e. The molecule has 19 heavy (non-hydrogen) atoms. The Morgan fingerprint density at radius 3 is 2.47 bits per heavy atom. The Morgan fingerprint density at radius 2 is 1.84 bits per heavy atom. The highest BCUT2D eigenvalue weighted by atomic mass is 16.2. The lowest BCUT2D eigenvalue weighted by Crippen LogP contribution is -2.41. The van der Waals surface area contributed by atoms with Crippen molar-refractivity contribution in [3.8, 4) is 0 Å². The summed E-state index contributed by atoms with van der Waals surface area (Å²) in [5.74, 6) is 0. The molecule has 0 aliphatic rings. The number of urea groups is 1. The number of carbonyl (C=O) groups excluding carboxylic acids is 1. The first-order valence-electron chi connectivity index (χ1n) is 7.34. The van der Waals surface area contributed by atoms with E-state index in [1.807, 2.05) is 23.1 Å². The third-order valence-corrected chi connectivity index (χ3v) is 3.10. The maximum absolute atomic E-state index is 12.0. The second-order valence-electron chi connectivity index (χ2n) is 4.81. The molecule has 106 valence electrons. The molecule has 0 saturated carbocycles. The van der Waals surface area contributed by atoms with Crippen molar-refractivity contribution in [2.75, 3.05) is 19.6 Å². The van der Waals surface area contributed by atoms with Gasteiger partial charge in [0.15, 0.2) is 0 Å². The summed E-state index contributed by atoms with van der Waals surface area (Å²) in [7, 11) is 0. The molecular formula is C16H26N2O. The molecule has 0 aliphatic heterocycles. The molecule has 0 unspecified atom stereocenters. The molecular weight excluding hydrogens is 236 g/mol. The summed E-state index contributed by atoms with van der Waals surface area (Å²) >= 11 is 0. The number of carbonyl (C=O) groups is 1. The fraction of sp³-hybridized carbons (Fsp3) is 0.562. The van der Waals surface area contributed by atoms with Crippen LogP contribution in [0.3, 0.4) is 0 Å². The Kier molecular flexibility index (Phi) is 7.71. The summed E-state index contributed by atoms with van der Waals surface area (Å²) in [4.78, 5) is 14.0. The molecule has 0 atom stereocenters. The van der Waals surface area contributed by atoms with Crippen molar-refractivity contribution in [1.82, 2.24) is 10.2 Å². The van der Waals surface area contributed by atoms with E-state index < -0.39 is 0 Å². The first kappa shape index (κ1) is 15.5. The summed E-state index contributed by atoms with van der Waals surface area (Å²) in [6.45, 7) is 6.67. The molecule has 1 aromatic rings. The highest BCUT2D eigenvalue weighted by molar-refractivity contribution is 5.74. The fourth-order valence-corrected chi connectivity index (χ4v) is 2.00. The Morgan fingerprint density at radius 1 is 1.11 bits per heavy atom. The lowest BCUT2D eigenvalue weighted by Gasteiger charge is -2.22. The molecule has 1 aromatic carbocycles. The normalized spacial score (nSPS) is 10.2. The van der Waals surface area contributed by atoms with Gasteiger partial charge in [-0.1, -0.05) is 50.6 Å². The average Bonchev–Trinajstić information content (AvgIpc) is 2.44. The maximum atomic E-state index is 12.0. The summed E-state index contributed by atoms with van der Waals surface area (Å²) < 4.78 is 0. The topological polar surface area (TPSA) is 32.3 Å². The molecule has 2 amide bonds. The zero-order valence-electron chi connectivity index (χ0n) is 12.2. The van der Waals surface area contributed by atoms with Gasteiger partial charge in [-0.3, -0.25) is 0 Å². The second-order valence-corrected chi connectivity index (χ2v) is 4.81. The molecule has 0 aromatic heterocycles. The van der Waals surface area contributed by atoms with Crippen molar-refractivity contribution in [3.63, 3.8) is 0 Å². The minimum absolute atomic E-state index is 0.0752. The number of amides is 2. The number of rotatable bonds is 8. The van der Waals surface area contributed by atoms with Gasteiger partial charge in [0, 0.05) is 19.6 Å². The highest BCUT2D eigenvalue weighted by Gasteiger charge is 2.10. The SMILES string of the molecule is CCCCN(CCC)C(=O)NCCc1ccccc1. The minimum Gasteiger partial charge on any atom is -0.338 e. The second kappa shape index (κ2) is 9.42. The van der Waals surface area contributed by atoms with E-state index in [4.69, 9.17) is 0 Å². The summed E-state index contributed by atoms with van der Waals surface area (Å²) in [5.41, 5.74) is 1.26. The zero-order valence-corrected chi connectivity index (χ0v) is 12.2. The minimum atomic E-state index is 0.0752. The van der Waals surface area contributed by atoms with Crippen LogP contribution in [0.5, 0.6) is 0 Å². The van der Waals surface area contributed by atoms with E-state index in [1.54, 1.807) is 0 Å². The van der Waals surface area contributed by atoms with E-state index in [0.29, 0.717) is 6.54 Å². The van der Waals surface area contributed by atoms with Gasteiger partial charge in [0.2, 0.25) is 0 Å². The first-order valence-corrected chi connectivity index (χ1v) is 7.34. The number of unbranched alkanes of at least 4 members (excludes halogenated alkanes) is 1. The van der Waals surface area contributed by atoms with Crippen molar-refractivity contribution >= 4 is 6.03 Å². The van der Waals surface area contributed by atoms with E-state index in [9.17, 15) is 4.79 Å². The third kappa shape index (κ3) is 6.27. The van der Waals surface area contributed by atoms with Gasteiger partial charge >= 0.3 is 6.03 Å². The van der Waals surface area contributed by atoms with Crippen LogP contribution in [-0.4, -0.2) is 30.6 Å². The van der Waals surface area contributed by atoms with E-state index in [-0.39, 0.29) is 6.03 Å². The molecule has 0 spiro atoms. The van der Waals surface area contributed by atoms with Crippen LogP contribution in [0.1, 0.15) is 38.7 Å². The third-order valence-electron chi connectivity index (χ3n) is 3.10. The van der Waals surface area contributed by atoms with Crippen LogP contribution in [0.15, 0.2) is 30.3 Å². The molecule has 0 radical (unpaired) electrons. The van der Waals surface area contributed by atoms with Crippen molar-refractivity contribution in [3.05, 3.63) is 35.9 Å². The van der Waals surface area contributed by atoms with Gasteiger partial charge < -0.3 is 10.2 Å². The van der Waals surface area contributed by atoms with Gasteiger partial charge in [0.1, 0.15) is 0 Å². The molecule has 0 fully saturated rings. The van der Waals surface area contributed by atoms with Crippen LogP contribution >= 0.6 is 0 Å². The van der Waals surface area contributed by atoms with Crippen molar-refractivity contribution in [2.24, 2.45) is 0 Å². The van der Waals surface area contributed by atoms with Gasteiger partial charge in [-0.25, -0.2) is 4.79 Å². The van der Waals surface area contributed by atoms with Gasteiger partial charge in [-0.15, -0.1) is 0 Å². The number of nitrogens with one attached hydrogen (secondary N) is 1. The molecule has 3 heteroatoms. The largest absolute Gasteiger partial charge is 0.338 e. The van der Waals surface area contributed by atoms with Crippen LogP contribution in [0.4, 0.5) is 4.79 Å². The van der Waals surface area contributed by atoms with Gasteiger partial charge in [-0.2, -0.15) is 0 Å². The van der Waals surface area contributed by atoms with E-state index in [0.717, 1.165) is 38.8 Å². The Balaban J connectivity index is 2.31. The van der Waals surface area contributed by atoms with E-state index >= 15 is 0 Å². The standard InChI is InChI=1S/C16H26N2O/c1-3-5-14-18(13-4-2)16(19)17-12-11-15-9-7-6-8-10-15/h6-10H,3-5,11-14H2,1-2H3,(H,17,19). The molecule has 0 heterocycles. The number of benzene rings is 1. The molecule has 0 bridgehead atoms. The lowest BCUT2D eigenvalue weighted by molar-refractivity contribution is 0.197. The summed E-state index contributed by atoms with van der Waals surface area (Å²) in [6.07, 6.45) is 4.10.